The second kappa shape index (κ2) is 9.02. The Hall–Kier alpha value is -2.85. The van der Waals surface area contributed by atoms with Gasteiger partial charge in [0.05, 0.1) is 17.9 Å². The molecule has 0 unspecified atom stereocenters. The number of aromatic nitrogens is 2. The van der Waals surface area contributed by atoms with Gasteiger partial charge in [0.2, 0.25) is 0 Å². The molecule has 0 aliphatic carbocycles. The quantitative estimate of drug-likeness (QED) is 0.524. The summed E-state index contributed by atoms with van der Waals surface area (Å²) in [5, 5.41) is 0. The Bertz CT molecular complexity index is 843. The topological polar surface area (TPSA) is 127 Å². The molecule has 2 heterocycles. The largest absolute Gasteiger partial charge is 0.459 e. The van der Waals surface area contributed by atoms with Crippen molar-refractivity contribution in [3.8, 4) is 0 Å². The molecule has 0 fully saturated rings. The van der Waals surface area contributed by atoms with E-state index in [4.69, 9.17) is 9.29 Å². The zero-order valence-electron chi connectivity index (χ0n) is 13.7. The summed E-state index contributed by atoms with van der Waals surface area (Å²) in [6, 6.07) is 7.86. The van der Waals surface area contributed by atoms with Gasteiger partial charge in [0.1, 0.15) is 12.3 Å². The number of hydrogen-bond donors (Lipinski definition) is 1. The summed E-state index contributed by atoms with van der Waals surface area (Å²) < 4.78 is 35.9. The molecule has 1 N–H and O–H groups in total. The summed E-state index contributed by atoms with van der Waals surface area (Å²) in [5.41, 5.74) is 0.370. The van der Waals surface area contributed by atoms with E-state index < -0.39 is 27.7 Å². The number of nitrogens with zero attached hydrogens (tertiary/aromatic N) is 3. The molecule has 0 saturated heterocycles. The number of rotatable bonds is 8. The molecular weight excluding hydrogens is 362 g/mol. The van der Waals surface area contributed by atoms with Gasteiger partial charge < -0.3 is 9.64 Å². The van der Waals surface area contributed by atoms with Crippen LogP contribution in [0.5, 0.6) is 0 Å². The van der Waals surface area contributed by atoms with E-state index in [9.17, 15) is 18.0 Å². The molecule has 1 amide bonds. The van der Waals surface area contributed by atoms with Gasteiger partial charge in [0, 0.05) is 25.1 Å². The average Bonchev–Trinajstić information content (AvgIpc) is 2.64. The molecule has 10 heteroatoms. The highest BCUT2D eigenvalue weighted by molar-refractivity contribution is 7.85. The van der Waals surface area contributed by atoms with E-state index in [1.165, 1.54) is 30.7 Å². The second-order valence-corrected chi connectivity index (χ2v) is 6.74. The summed E-state index contributed by atoms with van der Waals surface area (Å²) >= 11 is 0. The molecule has 2 aromatic heterocycles. The first kappa shape index (κ1) is 19.5. The number of carbonyl (C=O) groups is 2. The number of pyridine rings is 2. The Kier molecular flexibility index (Phi) is 6.75. The van der Waals surface area contributed by atoms with Crippen LogP contribution in [0.2, 0.25) is 0 Å². The molecule has 0 aliphatic heterocycles. The van der Waals surface area contributed by atoms with Crippen molar-refractivity contribution >= 4 is 22.0 Å². The lowest BCUT2D eigenvalue weighted by Gasteiger charge is -2.22. The van der Waals surface area contributed by atoms with Crippen molar-refractivity contribution in [3.05, 3.63) is 60.2 Å². The van der Waals surface area contributed by atoms with Crippen LogP contribution in [0.4, 0.5) is 0 Å². The predicted molar refractivity (Wildman–Crippen MR) is 91.1 cm³/mol. The molecule has 0 spiro atoms. The van der Waals surface area contributed by atoms with Gasteiger partial charge in [0.25, 0.3) is 16.0 Å². The Morgan fingerprint density at radius 2 is 1.92 bits per heavy atom. The fraction of sp³-hybridized carbons (Fsp3) is 0.250. The van der Waals surface area contributed by atoms with Crippen LogP contribution in [-0.2, 0) is 14.9 Å². The van der Waals surface area contributed by atoms with Crippen LogP contribution in [0.3, 0.4) is 0 Å². The van der Waals surface area contributed by atoms with Gasteiger partial charge in [-0.1, -0.05) is 6.07 Å². The minimum absolute atomic E-state index is 0.0537. The molecule has 0 aromatic carbocycles. The highest BCUT2D eigenvalue weighted by Crippen LogP contribution is 2.05. The smallest absolute Gasteiger partial charge is 0.356 e. The normalized spacial score (nSPS) is 11.0. The molecule has 0 saturated carbocycles. The minimum atomic E-state index is -4.25. The van der Waals surface area contributed by atoms with Gasteiger partial charge in [-0.15, -0.1) is 0 Å². The van der Waals surface area contributed by atoms with Crippen molar-refractivity contribution in [1.82, 2.24) is 14.9 Å². The first-order valence-electron chi connectivity index (χ1n) is 7.59. The summed E-state index contributed by atoms with van der Waals surface area (Å²) in [6.07, 6.45) is 4.28. The standard InChI is InChI=1S/C16H17N3O6S/c20-15(13-4-3-6-17-12-13)19(9-11-26(22,23)24)8-10-25-16(21)14-5-1-2-7-18-14/h1-7,12H,8-11H2,(H,22,23,24). The lowest BCUT2D eigenvalue weighted by atomic mass is 10.2. The molecule has 2 aromatic rings. The molecule has 138 valence electrons. The molecule has 9 nitrogen and oxygen atoms in total. The van der Waals surface area contributed by atoms with Crippen molar-refractivity contribution in [2.75, 3.05) is 25.4 Å². The average molecular weight is 379 g/mol. The lowest BCUT2D eigenvalue weighted by Crippen LogP contribution is -2.38. The summed E-state index contributed by atoms with van der Waals surface area (Å²) in [4.78, 5) is 33.2. The Labute approximate surface area is 150 Å². The molecule has 0 atom stereocenters. The Balaban J connectivity index is 1.99. The number of hydrogen-bond acceptors (Lipinski definition) is 7. The Morgan fingerprint density at radius 1 is 1.12 bits per heavy atom. The van der Waals surface area contributed by atoms with E-state index in [1.807, 2.05) is 0 Å². The third-order valence-electron chi connectivity index (χ3n) is 3.28. The third-order valence-corrected chi connectivity index (χ3v) is 3.98. The third kappa shape index (κ3) is 6.22. The van der Waals surface area contributed by atoms with Gasteiger partial charge in [-0.3, -0.25) is 14.3 Å². The van der Waals surface area contributed by atoms with Crippen LogP contribution in [0.1, 0.15) is 20.8 Å². The zero-order chi connectivity index (χ0) is 19.0. The molecule has 0 bridgehead atoms. The maximum atomic E-state index is 12.5. The fourth-order valence-electron chi connectivity index (χ4n) is 2.02. The lowest BCUT2D eigenvalue weighted by molar-refractivity contribution is 0.0433. The van der Waals surface area contributed by atoms with E-state index in [2.05, 4.69) is 9.97 Å². The fourth-order valence-corrected chi connectivity index (χ4v) is 2.47. The van der Waals surface area contributed by atoms with Gasteiger partial charge >= 0.3 is 5.97 Å². The van der Waals surface area contributed by atoms with Crippen LogP contribution in [0, 0.1) is 0 Å². The molecule has 2 rings (SSSR count). The zero-order valence-corrected chi connectivity index (χ0v) is 14.5. The summed E-state index contributed by atoms with van der Waals surface area (Å²) in [5.74, 6) is -1.78. The highest BCUT2D eigenvalue weighted by atomic mass is 32.2. The predicted octanol–water partition coefficient (Wildman–Crippen LogP) is 0.664. The van der Waals surface area contributed by atoms with Crippen LogP contribution in [0.15, 0.2) is 48.9 Å². The van der Waals surface area contributed by atoms with Gasteiger partial charge in [-0.2, -0.15) is 8.42 Å². The van der Waals surface area contributed by atoms with Crippen LogP contribution >= 0.6 is 0 Å². The maximum absolute atomic E-state index is 12.5. The summed E-state index contributed by atoms with van der Waals surface area (Å²) in [6.45, 7) is -0.470. The summed E-state index contributed by atoms with van der Waals surface area (Å²) in [7, 11) is -4.25. The number of carbonyl (C=O) groups excluding carboxylic acids is 2. The van der Waals surface area contributed by atoms with Gasteiger partial charge in [-0.05, 0) is 24.3 Å². The van der Waals surface area contributed by atoms with E-state index >= 15 is 0 Å². The van der Waals surface area contributed by atoms with Crippen molar-refractivity contribution < 1.29 is 27.3 Å². The maximum Gasteiger partial charge on any atom is 0.356 e. The molecule has 0 aliphatic rings. The van der Waals surface area contributed by atoms with E-state index in [-0.39, 0.29) is 31.0 Å². The first-order valence-corrected chi connectivity index (χ1v) is 9.20. The molecular formula is C16H17N3O6S. The van der Waals surface area contributed by atoms with Crippen molar-refractivity contribution in [1.29, 1.82) is 0 Å². The van der Waals surface area contributed by atoms with Crippen LogP contribution in [-0.4, -0.2) is 65.2 Å². The monoisotopic (exact) mass is 379 g/mol. The van der Waals surface area contributed by atoms with Crippen molar-refractivity contribution in [3.63, 3.8) is 0 Å². The van der Waals surface area contributed by atoms with Crippen LogP contribution in [0.25, 0.3) is 0 Å². The molecule has 26 heavy (non-hydrogen) atoms. The molecule has 0 radical (unpaired) electrons. The SMILES string of the molecule is O=C(OCCN(CCS(=O)(=O)O)C(=O)c1cccnc1)c1ccccn1. The number of amides is 1. The van der Waals surface area contributed by atoms with E-state index in [0.717, 1.165) is 4.90 Å². The highest BCUT2D eigenvalue weighted by Gasteiger charge is 2.19. The van der Waals surface area contributed by atoms with Crippen molar-refractivity contribution in [2.45, 2.75) is 0 Å². The van der Waals surface area contributed by atoms with Gasteiger partial charge in [-0.25, -0.2) is 9.78 Å². The second-order valence-electron chi connectivity index (χ2n) is 5.17. The minimum Gasteiger partial charge on any atom is -0.459 e. The number of ether oxygens (including phenoxy) is 1. The van der Waals surface area contributed by atoms with E-state index in [0.29, 0.717) is 0 Å². The Morgan fingerprint density at radius 3 is 2.54 bits per heavy atom. The first-order chi connectivity index (χ1) is 12.4. The van der Waals surface area contributed by atoms with Crippen molar-refractivity contribution in [2.24, 2.45) is 0 Å². The van der Waals surface area contributed by atoms with Gasteiger partial charge in [0.15, 0.2) is 0 Å². The van der Waals surface area contributed by atoms with E-state index in [1.54, 1.807) is 18.2 Å². The number of esters is 1. The van der Waals surface area contributed by atoms with Crippen LogP contribution < -0.4 is 0 Å².